The second kappa shape index (κ2) is 9.07. The Kier molecular flexibility index (Phi) is 6.30. The minimum absolute atomic E-state index is 0.160. The Hall–Kier alpha value is -3.59. The molecule has 3 rings (SSSR count). The van der Waals surface area contributed by atoms with Crippen LogP contribution in [0.5, 0.6) is 5.75 Å². The number of carbonyl (C=O) groups is 3. The molecule has 0 fully saturated rings. The maximum absolute atomic E-state index is 12.3. The van der Waals surface area contributed by atoms with Gasteiger partial charge in [-0.25, -0.2) is 4.79 Å². The van der Waals surface area contributed by atoms with Crippen molar-refractivity contribution in [1.82, 2.24) is 0 Å². The fourth-order valence-electron chi connectivity index (χ4n) is 2.46. The van der Waals surface area contributed by atoms with Gasteiger partial charge in [-0.2, -0.15) is 0 Å². The number of para-hydroxylation sites is 2. The van der Waals surface area contributed by atoms with Gasteiger partial charge in [-0.05, 0) is 42.8 Å². The molecule has 9 heteroatoms. The number of rotatable bonds is 7. The molecule has 0 bridgehead atoms. The Balaban J connectivity index is 1.57. The Morgan fingerprint density at radius 3 is 2.62 bits per heavy atom. The first-order valence-corrected chi connectivity index (χ1v) is 9.35. The largest absolute Gasteiger partial charge is 0.495 e. The molecule has 0 saturated carbocycles. The number of hydrogen-bond donors (Lipinski definition) is 2. The molecule has 0 spiro atoms. The van der Waals surface area contributed by atoms with E-state index in [1.165, 1.54) is 19.4 Å². The summed E-state index contributed by atoms with van der Waals surface area (Å²) in [5, 5.41) is 5.75. The van der Waals surface area contributed by atoms with Crippen molar-refractivity contribution in [2.75, 3.05) is 24.4 Å². The number of furan rings is 1. The van der Waals surface area contributed by atoms with Crippen LogP contribution in [0.3, 0.4) is 0 Å². The lowest BCUT2D eigenvalue weighted by Gasteiger charge is -2.10. The zero-order valence-corrected chi connectivity index (χ0v) is 16.5. The molecule has 3 aromatic rings. The average Bonchev–Trinajstić information content (AvgIpc) is 3.36. The van der Waals surface area contributed by atoms with E-state index in [0.29, 0.717) is 26.9 Å². The quantitative estimate of drug-likeness (QED) is 0.571. The first-order chi connectivity index (χ1) is 14.0. The van der Waals surface area contributed by atoms with E-state index in [4.69, 9.17) is 13.9 Å². The number of hydrogen-bond acceptors (Lipinski definition) is 7. The van der Waals surface area contributed by atoms with Crippen molar-refractivity contribution >= 4 is 39.8 Å². The molecule has 2 heterocycles. The normalized spacial score (nSPS) is 10.3. The van der Waals surface area contributed by atoms with Gasteiger partial charge in [0.15, 0.2) is 12.4 Å². The zero-order valence-electron chi connectivity index (χ0n) is 15.7. The van der Waals surface area contributed by atoms with E-state index in [-0.39, 0.29) is 5.76 Å². The molecule has 150 valence electrons. The highest BCUT2D eigenvalue weighted by molar-refractivity contribution is 7.18. The molecule has 0 aliphatic carbocycles. The molecule has 0 atom stereocenters. The summed E-state index contributed by atoms with van der Waals surface area (Å²) >= 11 is 1.06. The predicted octanol–water partition coefficient (Wildman–Crippen LogP) is 3.71. The van der Waals surface area contributed by atoms with E-state index in [2.05, 4.69) is 10.6 Å². The average molecular weight is 414 g/mol. The van der Waals surface area contributed by atoms with E-state index in [1.807, 2.05) is 0 Å². The van der Waals surface area contributed by atoms with Gasteiger partial charge in [0.1, 0.15) is 10.6 Å². The number of thiophene rings is 1. The molecule has 2 aromatic heterocycles. The van der Waals surface area contributed by atoms with Crippen molar-refractivity contribution in [3.8, 4) is 5.75 Å². The molecule has 2 N–H and O–H groups in total. The van der Waals surface area contributed by atoms with Crippen LogP contribution in [0.2, 0.25) is 0 Å². The molecule has 0 aliphatic heterocycles. The van der Waals surface area contributed by atoms with Crippen LogP contribution in [-0.4, -0.2) is 31.5 Å². The molecular weight excluding hydrogens is 396 g/mol. The molecular formula is C20H18N2O6S. The monoisotopic (exact) mass is 414 g/mol. The minimum atomic E-state index is -0.652. The number of esters is 1. The SMILES string of the molecule is COc1ccccc1NC(=O)COC(=O)c1sc(NC(=O)c2ccco2)cc1C. The standard InChI is InChI=1S/C20H18N2O6S/c1-12-10-17(22-19(24)15-8-5-9-27-15)29-18(12)20(25)28-11-16(23)21-13-6-3-4-7-14(13)26-2/h3-10H,11H2,1-2H3,(H,21,23)(H,22,24). The number of ether oxygens (including phenoxy) is 2. The summed E-state index contributed by atoms with van der Waals surface area (Å²) in [5.74, 6) is -0.914. The third-order valence-corrected chi connectivity index (χ3v) is 4.93. The number of carbonyl (C=O) groups excluding carboxylic acids is 3. The van der Waals surface area contributed by atoms with E-state index in [1.54, 1.807) is 43.3 Å². The van der Waals surface area contributed by atoms with Gasteiger partial charge in [0.05, 0.1) is 24.1 Å². The van der Waals surface area contributed by atoms with Crippen molar-refractivity contribution in [2.24, 2.45) is 0 Å². The number of aryl methyl sites for hydroxylation is 1. The lowest BCUT2D eigenvalue weighted by molar-refractivity contribution is -0.119. The Bertz CT molecular complexity index is 1030. The van der Waals surface area contributed by atoms with Gasteiger partial charge in [-0.15, -0.1) is 11.3 Å². The van der Waals surface area contributed by atoms with Gasteiger partial charge in [-0.3, -0.25) is 9.59 Å². The topological polar surface area (TPSA) is 107 Å². The molecule has 29 heavy (non-hydrogen) atoms. The third kappa shape index (κ3) is 5.02. The predicted molar refractivity (Wildman–Crippen MR) is 108 cm³/mol. The summed E-state index contributed by atoms with van der Waals surface area (Å²) in [7, 11) is 1.49. The van der Waals surface area contributed by atoms with Gasteiger partial charge >= 0.3 is 5.97 Å². The van der Waals surface area contributed by atoms with Crippen molar-refractivity contribution < 1.29 is 28.3 Å². The smallest absolute Gasteiger partial charge is 0.349 e. The molecule has 0 saturated heterocycles. The maximum atomic E-state index is 12.3. The van der Waals surface area contributed by atoms with Crippen molar-refractivity contribution in [3.63, 3.8) is 0 Å². The van der Waals surface area contributed by atoms with Crippen LogP contribution in [0, 0.1) is 6.92 Å². The Morgan fingerprint density at radius 2 is 1.90 bits per heavy atom. The lowest BCUT2D eigenvalue weighted by Crippen LogP contribution is -2.21. The van der Waals surface area contributed by atoms with Crippen LogP contribution in [0.15, 0.2) is 53.1 Å². The summed E-state index contributed by atoms with van der Waals surface area (Å²) in [5.41, 5.74) is 1.10. The van der Waals surface area contributed by atoms with E-state index < -0.39 is 24.4 Å². The van der Waals surface area contributed by atoms with Crippen molar-refractivity contribution in [2.45, 2.75) is 6.92 Å². The van der Waals surface area contributed by atoms with Crippen molar-refractivity contribution in [3.05, 3.63) is 64.9 Å². The summed E-state index contributed by atoms with van der Waals surface area (Å²) in [6.45, 7) is 1.26. The summed E-state index contributed by atoms with van der Waals surface area (Å²) in [6, 6.07) is 11.7. The highest BCUT2D eigenvalue weighted by Crippen LogP contribution is 2.28. The van der Waals surface area contributed by atoms with Crippen LogP contribution < -0.4 is 15.4 Å². The second-order valence-electron chi connectivity index (χ2n) is 5.88. The van der Waals surface area contributed by atoms with E-state index >= 15 is 0 Å². The number of benzene rings is 1. The molecule has 1 aromatic carbocycles. The molecule has 0 unspecified atom stereocenters. The number of methoxy groups -OCH3 is 1. The van der Waals surface area contributed by atoms with Crippen LogP contribution in [0.1, 0.15) is 25.8 Å². The third-order valence-electron chi connectivity index (χ3n) is 3.80. The fraction of sp³-hybridized carbons (Fsp3) is 0.150. The second-order valence-corrected chi connectivity index (χ2v) is 6.93. The van der Waals surface area contributed by atoms with Gasteiger partial charge in [0.2, 0.25) is 0 Å². The van der Waals surface area contributed by atoms with Crippen molar-refractivity contribution in [1.29, 1.82) is 0 Å². The zero-order chi connectivity index (χ0) is 20.8. The molecule has 0 radical (unpaired) electrons. The van der Waals surface area contributed by atoms with E-state index in [0.717, 1.165) is 11.3 Å². The van der Waals surface area contributed by atoms with Gasteiger partial charge in [0, 0.05) is 0 Å². The number of nitrogens with one attached hydrogen (secondary N) is 2. The van der Waals surface area contributed by atoms with Gasteiger partial charge in [-0.1, -0.05) is 12.1 Å². The summed E-state index contributed by atoms with van der Waals surface area (Å²) in [6.07, 6.45) is 1.40. The molecule has 0 aliphatic rings. The highest BCUT2D eigenvalue weighted by Gasteiger charge is 2.19. The fourth-order valence-corrected chi connectivity index (χ4v) is 3.42. The van der Waals surface area contributed by atoms with Crippen LogP contribution in [0.4, 0.5) is 10.7 Å². The summed E-state index contributed by atoms with van der Waals surface area (Å²) < 4.78 is 15.3. The van der Waals surface area contributed by atoms with Gasteiger partial charge < -0.3 is 24.5 Å². The first-order valence-electron chi connectivity index (χ1n) is 8.53. The van der Waals surface area contributed by atoms with E-state index in [9.17, 15) is 14.4 Å². The summed E-state index contributed by atoms with van der Waals surface area (Å²) in [4.78, 5) is 36.7. The Morgan fingerprint density at radius 1 is 1.10 bits per heavy atom. The van der Waals surface area contributed by atoms with Crippen LogP contribution >= 0.6 is 11.3 Å². The Labute approximate surface area is 170 Å². The van der Waals surface area contributed by atoms with Crippen LogP contribution in [-0.2, 0) is 9.53 Å². The van der Waals surface area contributed by atoms with Gasteiger partial charge in [0.25, 0.3) is 11.8 Å². The molecule has 8 nitrogen and oxygen atoms in total. The number of anilines is 2. The number of amides is 2. The minimum Gasteiger partial charge on any atom is -0.495 e. The highest BCUT2D eigenvalue weighted by atomic mass is 32.1. The van der Waals surface area contributed by atoms with Crippen LogP contribution in [0.25, 0.3) is 0 Å². The lowest BCUT2D eigenvalue weighted by atomic mass is 10.3. The molecule has 2 amide bonds. The first kappa shape index (κ1) is 20.2. The maximum Gasteiger partial charge on any atom is 0.349 e.